The van der Waals surface area contributed by atoms with Gasteiger partial charge in [0, 0.05) is 24.3 Å². The van der Waals surface area contributed by atoms with Gasteiger partial charge in [-0.25, -0.2) is 8.78 Å². The van der Waals surface area contributed by atoms with E-state index < -0.39 is 12.0 Å². The second-order valence-electron chi connectivity index (χ2n) is 8.29. The fourth-order valence-corrected chi connectivity index (χ4v) is 4.41. The standard InChI is InChI=1S/C24H23F2N5O/c1-13-5-3-6-14-7-4-8-17(19(13)14)21-20(26)22-18(10-28-21)23(27)30-24(29-22)32-12-16-9-15(25)11-31(16)2/h3-8,10,15-16H,9,11-12H2,1-2H3,(H2,27,29,30)/t15-,16+/m1/s1. The lowest BCUT2D eigenvalue weighted by molar-refractivity contribution is 0.188. The van der Waals surface area contributed by atoms with Gasteiger partial charge in [0.25, 0.3) is 0 Å². The van der Waals surface area contributed by atoms with Crippen LogP contribution in [0.1, 0.15) is 12.0 Å². The molecule has 8 heteroatoms. The molecule has 3 heterocycles. The van der Waals surface area contributed by atoms with Gasteiger partial charge in [-0.05, 0) is 36.7 Å². The zero-order chi connectivity index (χ0) is 22.4. The molecule has 0 aliphatic carbocycles. The predicted octanol–water partition coefficient (Wildman–Crippen LogP) is 4.30. The number of ether oxygens (including phenoxy) is 1. The van der Waals surface area contributed by atoms with Gasteiger partial charge in [0.05, 0.1) is 5.39 Å². The maximum absolute atomic E-state index is 15.7. The van der Waals surface area contributed by atoms with Crippen molar-refractivity contribution in [1.29, 1.82) is 0 Å². The molecule has 0 bridgehead atoms. The van der Waals surface area contributed by atoms with Crippen LogP contribution in [0.25, 0.3) is 32.9 Å². The van der Waals surface area contributed by atoms with Crippen molar-refractivity contribution in [3.8, 4) is 17.3 Å². The third kappa shape index (κ3) is 3.50. The lowest BCUT2D eigenvalue weighted by Gasteiger charge is -2.18. The van der Waals surface area contributed by atoms with Gasteiger partial charge in [0.1, 0.15) is 29.8 Å². The SMILES string of the molecule is Cc1cccc2cccc(-c3ncc4c(N)nc(OC[C@@H]5C[C@@H](F)CN5C)nc4c3F)c12. The van der Waals surface area contributed by atoms with E-state index in [0.29, 0.717) is 23.9 Å². The molecule has 2 aromatic carbocycles. The summed E-state index contributed by atoms with van der Waals surface area (Å²) in [6.07, 6.45) is 0.983. The number of nitrogens with two attached hydrogens (primary N) is 1. The molecule has 4 aromatic rings. The van der Waals surface area contributed by atoms with Gasteiger partial charge in [-0.2, -0.15) is 9.97 Å². The van der Waals surface area contributed by atoms with Gasteiger partial charge < -0.3 is 10.5 Å². The predicted molar refractivity (Wildman–Crippen MR) is 121 cm³/mol. The van der Waals surface area contributed by atoms with E-state index in [1.54, 1.807) is 0 Å². The lowest BCUT2D eigenvalue weighted by atomic mass is 9.97. The van der Waals surface area contributed by atoms with Crippen molar-refractivity contribution >= 4 is 27.5 Å². The number of hydrogen-bond acceptors (Lipinski definition) is 6. The first-order valence-corrected chi connectivity index (χ1v) is 10.5. The molecule has 2 aromatic heterocycles. The van der Waals surface area contributed by atoms with E-state index in [4.69, 9.17) is 10.5 Å². The number of aryl methyl sites for hydroxylation is 1. The number of likely N-dealkylation sites (tertiary alicyclic amines) is 1. The van der Waals surface area contributed by atoms with Crippen molar-refractivity contribution < 1.29 is 13.5 Å². The Morgan fingerprint density at radius 1 is 1.19 bits per heavy atom. The van der Waals surface area contributed by atoms with Crippen molar-refractivity contribution in [1.82, 2.24) is 19.9 Å². The Bertz CT molecular complexity index is 1320. The first-order valence-electron chi connectivity index (χ1n) is 10.5. The van der Waals surface area contributed by atoms with Crippen molar-refractivity contribution in [3.63, 3.8) is 0 Å². The average molecular weight is 435 g/mol. The normalized spacial score (nSPS) is 19.1. The van der Waals surface area contributed by atoms with Crippen LogP contribution in [-0.2, 0) is 0 Å². The highest BCUT2D eigenvalue weighted by molar-refractivity contribution is 6.00. The molecule has 6 nitrogen and oxygen atoms in total. The summed E-state index contributed by atoms with van der Waals surface area (Å²) < 4.78 is 35.0. The Morgan fingerprint density at radius 2 is 1.97 bits per heavy atom. The van der Waals surface area contributed by atoms with Crippen LogP contribution in [0.2, 0.25) is 0 Å². The summed E-state index contributed by atoms with van der Waals surface area (Å²) >= 11 is 0. The molecule has 0 unspecified atom stereocenters. The van der Waals surface area contributed by atoms with Crippen LogP contribution >= 0.6 is 0 Å². The molecular weight excluding hydrogens is 412 g/mol. The van der Waals surface area contributed by atoms with Crippen molar-refractivity contribution in [2.75, 3.05) is 25.9 Å². The highest BCUT2D eigenvalue weighted by Gasteiger charge is 2.30. The van der Waals surface area contributed by atoms with E-state index in [9.17, 15) is 4.39 Å². The number of anilines is 1. The van der Waals surface area contributed by atoms with Crippen LogP contribution in [0.5, 0.6) is 6.01 Å². The highest BCUT2D eigenvalue weighted by atomic mass is 19.1. The summed E-state index contributed by atoms with van der Waals surface area (Å²) in [6, 6.07) is 11.5. The second-order valence-corrected chi connectivity index (χ2v) is 8.29. The molecule has 1 aliphatic rings. The maximum atomic E-state index is 15.7. The van der Waals surface area contributed by atoms with Crippen LogP contribution in [0.4, 0.5) is 14.6 Å². The largest absolute Gasteiger partial charge is 0.462 e. The minimum Gasteiger partial charge on any atom is -0.462 e. The van der Waals surface area contributed by atoms with Crippen LogP contribution in [0.3, 0.4) is 0 Å². The number of nitrogens with zero attached hydrogens (tertiary/aromatic N) is 4. The summed E-state index contributed by atoms with van der Waals surface area (Å²) in [6.45, 7) is 2.55. The number of likely N-dealkylation sites (N-methyl/N-ethyl adjacent to an activating group) is 1. The molecule has 0 spiro atoms. The molecule has 0 amide bonds. The lowest BCUT2D eigenvalue weighted by Crippen LogP contribution is -2.31. The summed E-state index contributed by atoms with van der Waals surface area (Å²) in [5, 5.41) is 2.25. The molecule has 2 atom stereocenters. The Hall–Kier alpha value is -3.39. The molecule has 2 N–H and O–H groups in total. The monoisotopic (exact) mass is 435 g/mol. The van der Waals surface area contributed by atoms with E-state index in [0.717, 1.165) is 16.3 Å². The van der Waals surface area contributed by atoms with Gasteiger partial charge in [-0.1, -0.05) is 36.4 Å². The Morgan fingerprint density at radius 3 is 2.72 bits per heavy atom. The van der Waals surface area contributed by atoms with Gasteiger partial charge in [0.2, 0.25) is 0 Å². The Labute approximate surface area is 184 Å². The number of benzene rings is 2. The fraction of sp³-hybridized carbons (Fsp3) is 0.292. The Balaban J connectivity index is 1.56. The molecule has 164 valence electrons. The molecule has 0 saturated carbocycles. The second kappa shape index (κ2) is 7.94. The number of aromatic nitrogens is 3. The van der Waals surface area contributed by atoms with Crippen molar-refractivity contribution in [3.05, 3.63) is 54.0 Å². The number of fused-ring (bicyclic) bond motifs is 2. The van der Waals surface area contributed by atoms with Crippen LogP contribution in [0, 0.1) is 12.7 Å². The number of alkyl halides is 1. The molecule has 1 aliphatic heterocycles. The summed E-state index contributed by atoms with van der Waals surface area (Å²) in [7, 11) is 1.84. The first kappa shape index (κ1) is 20.5. The maximum Gasteiger partial charge on any atom is 0.319 e. The van der Waals surface area contributed by atoms with Crippen LogP contribution in [0.15, 0.2) is 42.6 Å². The van der Waals surface area contributed by atoms with Crippen LogP contribution in [-0.4, -0.2) is 52.3 Å². The van der Waals surface area contributed by atoms with Crippen molar-refractivity contribution in [2.45, 2.75) is 25.6 Å². The van der Waals surface area contributed by atoms with E-state index in [1.165, 1.54) is 6.20 Å². The van der Waals surface area contributed by atoms with E-state index in [1.807, 2.05) is 55.3 Å². The Kier molecular flexibility index (Phi) is 5.09. The first-order chi connectivity index (χ1) is 15.4. The number of halogens is 2. The number of rotatable bonds is 4. The topological polar surface area (TPSA) is 77.2 Å². The quantitative estimate of drug-likeness (QED) is 0.515. The molecule has 0 radical (unpaired) electrons. The smallest absolute Gasteiger partial charge is 0.319 e. The molecular formula is C24H23F2N5O. The van der Waals surface area contributed by atoms with E-state index >= 15 is 4.39 Å². The minimum absolute atomic E-state index is 0.0316. The summed E-state index contributed by atoms with van der Waals surface area (Å²) in [5.41, 5.74) is 8.00. The third-order valence-electron chi connectivity index (χ3n) is 6.10. The zero-order valence-electron chi connectivity index (χ0n) is 17.8. The average Bonchev–Trinajstić information content (AvgIpc) is 3.10. The third-order valence-corrected chi connectivity index (χ3v) is 6.10. The molecule has 5 rings (SSSR count). The van der Waals surface area contributed by atoms with Gasteiger partial charge in [-0.15, -0.1) is 0 Å². The fourth-order valence-electron chi connectivity index (χ4n) is 4.41. The van der Waals surface area contributed by atoms with Gasteiger partial charge in [-0.3, -0.25) is 9.88 Å². The number of hydrogen-bond donors (Lipinski definition) is 1. The summed E-state index contributed by atoms with van der Waals surface area (Å²) in [5.74, 6) is -0.501. The van der Waals surface area contributed by atoms with Gasteiger partial charge in [0.15, 0.2) is 5.82 Å². The van der Waals surface area contributed by atoms with Crippen LogP contribution < -0.4 is 10.5 Å². The molecule has 32 heavy (non-hydrogen) atoms. The highest BCUT2D eigenvalue weighted by Crippen LogP contribution is 2.34. The van der Waals surface area contributed by atoms with Crippen molar-refractivity contribution in [2.24, 2.45) is 0 Å². The van der Waals surface area contributed by atoms with Gasteiger partial charge >= 0.3 is 6.01 Å². The van der Waals surface area contributed by atoms with E-state index in [-0.39, 0.29) is 35.7 Å². The number of nitrogen functional groups attached to an aromatic ring is 1. The number of pyridine rings is 1. The zero-order valence-corrected chi connectivity index (χ0v) is 17.8. The molecule has 1 fully saturated rings. The minimum atomic E-state index is -0.883. The molecule has 1 saturated heterocycles. The van der Waals surface area contributed by atoms with E-state index in [2.05, 4.69) is 15.0 Å². The summed E-state index contributed by atoms with van der Waals surface area (Å²) in [4.78, 5) is 14.7.